The van der Waals surface area contributed by atoms with Crippen LogP contribution in [0.4, 0.5) is 29.3 Å². The van der Waals surface area contributed by atoms with Crippen LogP contribution >= 0.6 is 0 Å². The van der Waals surface area contributed by atoms with Gasteiger partial charge in [0, 0.05) is 32.2 Å². The smallest absolute Gasteiger partial charge is 0.496 e. The molecule has 1 heterocycles. The molecule has 0 bridgehead atoms. The monoisotopic (exact) mass is 713 g/mol. The highest BCUT2D eigenvalue weighted by atomic mass is 32.2. The molecule has 1 fully saturated rings. The number of halogens is 3. The summed E-state index contributed by atoms with van der Waals surface area (Å²) < 4.78 is 93.3. The van der Waals surface area contributed by atoms with Crippen molar-refractivity contribution in [2.24, 2.45) is 0 Å². The summed E-state index contributed by atoms with van der Waals surface area (Å²) in [6.07, 6.45) is 2.93. The molecule has 48 heavy (non-hydrogen) atoms. The maximum absolute atomic E-state index is 12.5. The number of nitrogens with one attached hydrogen (secondary N) is 4. The molecule has 0 atom stereocenters. The molecular formula is C30H34F3N5O8S2. The number of nitrogens with zero attached hydrogens (tertiary/aromatic N) is 1. The molecule has 0 aromatic heterocycles. The second-order valence-corrected chi connectivity index (χ2v) is 13.6. The number of anilines is 2. The summed E-state index contributed by atoms with van der Waals surface area (Å²) in [6.45, 7) is 0.592. The van der Waals surface area contributed by atoms with Crippen molar-refractivity contribution in [3.63, 3.8) is 0 Å². The molecule has 4 rings (SSSR count). The first-order valence-corrected chi connectivity index (χ1v) is 17.3. The minimum Gasteiger partial charge on any atom is -0.496 e. The van der Waals surface area contributed by atoms with Crippen LogP contribution in [0.2, 0.25) is 0 Å². The molecule has 0 spiro atoms. The van der Waals surface area contributed by atoms with E-state index in [0.717, 1.165) is 19.3 Å². The lowest BCUT2D eigenvalue weighted by atomic mass is 10.1. The van der Waals surface area contributed by atoms with Gasteiger partial charge in [-0.15, -0.1) is 0 Å². The lowest BCUT2D eigenvalue weighted by Crippen LogP contribution is -2.32. The summed E-state index contributed by atoms with van der Waals surface area (Å²) in [5, 5.41) is 4.88. The topological polar surface area (TPSA) is 180 Å². The molecule has 0 unspecified atom stereocenters. The summed E-state index contributed by atoms with van der Waals surface area (Å²) in [4.78, 5) is 36.9. The zero-order chi connectivity index (χ0) is 35.5. The second-order valence-electron chi connectivity index (χ2n) is 10.2. The molecular weight excluding hydrogens is 679 g/mol. The summed E-state index contributed by atoms with van der Waals surface area (Å²) in [6, 6.07) is 17.0. The zero-order valence-electron chi connectivity index (χ0n) is 25.8. The van der Waals surface area contributed by atoms with Gasteiger partial charge in [0.25, 0.3) is 15.9 Å². The molecule has 260 valence electrons. The van der Waals surface area contributed by atoms with Crippen LogP contribution in [-0.4, -0.2) is 65.8 Å². The zero-order valence-corrected chi connectivity index (χ0v) is 27.5. The number of sulfonamides is 2. The number of likely N-dealkylation sites (tertiary alicyclic amines) is 1. The lowest BCUT2D eigenvalue weighted by molar-refractivity contribution is -0.131. The highest BCUT2D eigenvalue weighted by Gasteiger charge is 2.46. The van der Waals surface area contributed by atoms with Crippen LogP contribution in [0.5, 0.6) is 5.75 Å². The van der Waals surface area contributed by atoms with Crippen molar-refractivity contribution in [1.82, 2.24) is 14.9 Å². The summed E-state index contributed by atoms with van der Waals surface area (Å²) in [5.41, 5.74) is -4.71. The average Bonchev–Trinajstić information content (AvgIpc) is 3.25. The maximum atomic E-state index is 12.5. The standard InChI is InChI=1S/C16H17N3O5S.C14H17F3N2O3S/c1-17-16(21)18-11-7-9-12(10-8-11)25(22,23)19-15(20)13-5-3-4-6-14(13)24-2;15-14(16,17)23(21,22)18-12-7-4-3-6-11(12)10-19-9-5-1-2-8-13(19)20/h3-10H,1-2H3,(H,19,20)(H2,17,18,21);3-4,6-7,18H,1-2,5,8-10H2. The van der Waals surface area contributed by atoms with Crippen LogP contribution in [0.1, 0.15) is 41.6 Å². The number of carbonyl (C=O) groups is 3. The predicted octanol–water partition coefficient (Wildman–Crippen LogP) is 4.42. The van der Waals surface area contributed by atoms with Gasteiger partial charge in [-0.2, -0.15) is 21.6 Å². The van der Waals surface area contributed by atoms with Gasteiger partial charge in [0.1, 0.15) is 5.75 Å². The molecule has 1 aliphatic rings. The summed E-state index contributed by atoms with van der Waals surface area (Å²) in [5.74, 6) is -0.610. The first-order chi connectivity index (χ1) is 22.6. The first kappa shape index (κ1) is 37.6. The van der Waals surface area contributed by atoms with Crippen molar-refractivity contribution in [1.29, 1.82) is 0 Å². The number of methoxy groups -OCH3 is 1. The Labute approximate surface area is 276 Å². The molecule has 1 aliphatic heterocycles. The molecule has 0 saturated carbocycles. The molecule has 4 N–H and O–H groups in total. The van der Waals surface area contributed by atoms with Crippen molar-refractivity contribution >= 4 is 49.3 Å². The average molecular weight is 714 g/mol. The van der Waals surface area contributed by atoms with E-state index < -0.39 is 37.5 Å². The lowest BCUT2D eigenvalue weighted by Gasteiger charge is -2.22. The molecule has 0 radical (unpaired) electrons. The van der Waals surface area contributed by atoms with E-state index in [-0.39, 0.29) is 34.3 Å². The third kappa shape index (κ3) is 10.3. The second kappa shape index (κ2) is 16.3. The highest BCUT2D eigenvalue weighted by Crippen LogP contribution is 2.28. The molecule has 3 aromatic carbocycles. The van der Waals surface area contributed by atoms with Crippen molar-refractivity contribution in [3.8, 4) is 5.75 Å². The Morgan fingerprint density at radius 2 is 1.54 bits per heavy atom. The number of rotatable bonds is 9. The number of benzene rings is 3. The predicted molar refractivity (Wildman–Crippen MR) is 171 cm³/mol. The fourth-order valence-electron chi connectivity index (χ4n) is 4.35. The molecule has 13 nitrogen and oxygen atoms in total. The fourth-order valence-corrected chi connectivity index (χ4v) is 5.92. The van der Waals surface area contributed by atoms with Gasteiger partial charge < -0.3 is 20.3 Å². The van der Waals surface area contributed by atoms with Crippen LogP contribution in [0.25, 0.3) is 0 Å². The molecule has 3 aromatic rings. The van der Waals surface area contributed by atoms with Gasteiger partial charge >= 0.3 is 21.6 Å². The molecule has 1 saturated heterocycles. The Balaban J connectivity index is 0.000000261. The van der Waals surface area contributed by atoms with E-state index in [1.807, 2.05) is 4.72 Å². The molecule has 18 heteroatoms. The van der Waals surface area contributed by atoms with Gasteiger partial charge in [0.05, 0.1) is 23.3 Å². The van der Waals surface area contributed by atoms with E-state index in [4.69, 9.17) is 4.74 Å². The van der Waals surface area contributed by atoms with E-state index >= 15 is 0 Å². The largest absolute Gasteiger partial charge is 0.516 e. The van der Waals surface area contributed by atoms with Crippen molar-refractivity contribution in [2.75, 3.05) is 30.7 Å². The highest BCUT2D eigenvalue weighted by molar-refractivity contribution is 7.93. The van der Waals surface area contributed by atoms with Crippen LogP contribution in [0.3, 0.4) is 0 Å². The van der Waals surface area contributed by atoms with Crippen LogP contribution in [0, 0.1) is 0 Å². The SMILES string of the molecule is CNC(=O)Nc1ccc(S(=O)(=O)NC(=O)c2ccccc2OC)cc1.O=C1CCCCCN1Cc1ccccc1NS(=O)(=O)C(F)(F)F. The van der Waals surface area contributed by atoms with Gasteiger partial charge in [-0.3, -0.25) is 14.3 Å². The van der Waals surface area contributed by atoms with Gasteiger partial charge in [-0.05, 0) is 60.9 Å². The number of hydrogen-bond acceptors (Lipinski definition) is 8. The third-order valence-corrected chi connectivity index (χ3v) is 9.27. The summed E-state index contributed by atoms with van der Waals surface area (Å²) >= 11 is 0. The molecule has 4 amide bonds. The van der Waals surface area contributed by atoms with E-state index in [1.54, 1.807) is 33.9 Å². The van der Waals surface area contributed by atoms with E-state index in [2.05, 4.69) is 10.6 Å². The van der Waals surface area contributed by atoms with Crippen LogP contribution in [-0.2, 0) is 31.4 Å². The normalized spacial score (nSPS) is 13.7. The number of para-hydroxylation sites is 2. The molecule has 0 aliphatic carbocycles. The Bertz CT molecular complexity index is 1820. The Kier molecular flexibility index (Phi) is 12.8. The first-order valence-electron chi connectivity index (χ1n) is 14.3. The van der Waals surface area contributed by atoms with Crippen LogP contribution < -0.4 is 24.8 Å². The Morgan fingerprint density at radius 1 is 0.896 bits per heavy atom. The van der Waals surface area contributed by atoms with E-state index in [9.17, 15) is 44.4 Å². The number of ether oxygens (including phenoxy) is 1. The van der Waals surface area contributed by atoms with Crippen LogP contribution in [0.15, 0.2) is 77.7 Å². The number of alkyl halides is 3. The minimum absolute atomic E-state index is 0.0732. The van der Waals surface area contributed by atoms with E-state index in [0.29, 0.717) is 24.2 Å². The van der Waals surface area contributed by atoms with Crippen molar-refractivity contribution in [3.05, 3.63) is 83.9 Å². The number of carbonyl (C=O) groups excluding carboxylic acids is 3. The fraction of sp³-hybridized carbons (Fsp3) is 0.300. The number of hydrogen-bond donors (Lipinski definition) is 4. The van der Waals surface area contributed by atoms with Gasteiger partial charge in [-0.1, -0.05) is 36.8 Å². The minimum atomic E-state index is -5.49. The van der Waals surface area contributed by atoms with E-state index in [1.165, 1.54) is 62.7 Å². The Morgan fingerprint density at radius 3 is 2.19 bits per heavy atom. The number of urea groups is 1. The third-order valence-electron chi connectivity index (χ3n) is 6.83. The summed E-state index contributed by atoms with van der Waals surface area (Å²) in [7, 11) is -6.71. The van der Waals surface area contributed by atoms with Gasteiger partial charge in [0.15, 0.2) is 0 Å². The Hall–Kier alpha value is -4.84. The van der Waals surface area contributed by atoms with Gasteiger partial charge in [0.2, 0.25) is 5.91 Å². The number of amides is 4. The van der Waals surface area contributed by atoms with Crippen molar-refractivity contribution in [2.45, 2.75) is 42.6 Å². The van der Waals surface area contributed by atoms with Crippen molar-refractivity contribution < 1.29 is 49.1 Å². The quantitative estimate of drug-likeness (QED) is 0.252. The maximum Gasteiger partial charge on any atom is 0.516 e. The van der Waals surface area contributed by atoms with Gasteiger partial charge in [-0.25, -0.2) is 17.9 Å².